The molecule has 0 radical (unpaired) electrons. The Balaban J connectivity index is 2.17. The van der Waals surface area contributed by atoms with Gasteiger partial charge in [0, 0.05) is 47.6 Å². The quantitative estimate of drug-likeness (QED) is 0.226. The molecule has 0 amide bonds. The molecule has 15 nitrogen and oxygen atoms in total. The predicted molar refractivity (Wildman–Crippen MR) is 151 cm³/mol. The lowest BCUT2D eigenvalue weighted by molar-refractivity contribution is -0.279. The maximum Gasteiger partial charge on any atom is 0.312 e. The van der Waals surface area contributed by atoms with Gasteiger partial charge in [-0.25, -0.2) is 0 Å². The van der Waals surface area contributed by atoms with Crippen molar-refractivity contribution in [3.63, 3.8) is 0 Å². The molecule has 46 heavy (non-hydrogen) atoms. The molecule has 0 aromatic carbocycles. The van der Waals surface area contributed by atoms with E-state index < -0.39 is 101 Å². The van der Waals surface area contributed by atoms with E-state index in [9.17, 15) is 33.9 Å². The first-order valence-corrected chi connectivity index (χ1v) is 14.7. The third-order valence-corrected chi connectivity index (χ3v) is 9.12. The van der Waals surface area contributed by atoms with Crippen LogP contribution in [0, 0.1) is 17.3 Å². The number of fused-ring (bicyclic) bond motifs is 3. The van der Waals surface area contributed by atoms with Gasteiger partial charge in [-0.15, -0.1) is 0 Å². The van der Waals surface area contributed by atoms with Gasteiger partial charge in [0.1, 0.15) is 17.8 Å². The molecule has 2 aliphatic heterocycles. The fourth-order valence-corrected chi connectivity index (χ4v) is 7.27. The van der Waals surface area contributed by atoms with E-state index >= 15 is 0 Å². The van der Waals surface area contributed by atoms with E-state index in [0.29, 0.717) is 5.57 Å². The second kappa shape index (κ2) is 12.8. The Morgan fingerprint density at radius 1 is 0.870 bits per heavy atom. The molecule has 1 spiro atoms. The summed E-state index contributed by atoms with van der Waals surface area (Å²) in [5.41, 5.74) is -5.45. The first kappa shape index (κ1) is 35.0. The summed E-state index contributed by atoms with van der Waals surface area (Å²) in [5.74, 6) is -7.67. The fraction of sp³-hybridized carbons (Fsp3) is 0.677. The monoisotopic (exact) mass is 652 g/mol. The smallest absolute Gasteiger partial charge is 0.312 e. The third-order valence-electron chi connectivity index (χ3n) is 9.12. The maximum absolute atomic E-state index is 13.2. The van der Waals surface area contributed by atoms with Crippen LogP contribution in [-0.2, 0) is 66.7 Å². The Morgan fingerprint density at radius 3 is 1.89 bits per heavy atom. The zero-order valence-electron chi connectivity index (χ0n) is 26.9. The van der Waals surface area contributed by atoms with Crippen molar-refractivity contribution in [2.45, 2.75) is 96.3 Å². The molecular formula is C31H40O15. The molecule has 0 bridgehead atoms. The largest absolute Gasteiger partial charge is 0.459 e. The Bertz CT molecular complexity index is 1350. The molecule has 11 atom stereocenters. The van der Waals surface area contributed by atoms with Crippen molar-refractivity contribution in [1.29, 1.82) is 0 Å². The minimum Gasteiger partial charge on any atom is -0.459 e. The van der Waals surface area contributed by atoms with E-state index in [-0.39, 0.29) is 13.2 Å². The number of methoxy groups -OCH3 is 1. The molecular weight excluding hydrogens is 612 g/mol. The molecule has 2 aliphatic carbocycles. The van der Waals surface area contributed by atoms with E-state index in [4.69, 9.17) is 37.9 Å². The Kier molecular flexibility index (Phi) is 9.72. The zero-order chi connectivity index (χ0) is 34.4. The first-order valence-electron chi connectivity index (χ1n) is 14.7. The summed E-state index contributed by atoms with van der Waals surface area (Å²) in [6.07, 6.45) is -4.71. The summed E-state index contributed by atoms with van der Waals surface area (Å²) in [5, 5.41) is 12.7. The van der Waals surface area contributed by atoms with Crippen LogP contribution in [0.3, 0.4) is 0 Å². The highest BCUT2D eigenvalue weighted by Gasteiger charge is 2.81. The summed E-state index contributed by atoms with van der Waals surface area (Å²) < 4.78 is 46.1. The molecule has 3 fully saturated rings. The van der Waals surface area contributed by atoms with Crippen molar-refractivity contribution < 1.29 is 71.8 Å². The number of carbonyl (C=O) groups excluding carboxylic acids is 6. The van der Waals surface area contributed by atoms with Gasteiger partial charge < -0.3 is 43.0 Å². The first-order chi connectivity index (χ1) is 21.4. The average molecular weight is 653 g/mol. The Hall–Kier alpha value is -3.82. The molecule has 4 aliphatic rings. The van der Waals surface area contributed by atoms with Crippen molar-refractivity contribution in [3.05, 3.63) is 23.8 Å². The topological polar surface area (TPSA) is 200 Å². The summed E-state index contributed by atoms with van der Waals surface area (Å²) in [7, 11) is 1.41. The number of ether oxygens (including phenoxy) is 8. The van der Waals surface area contributed by atoms with Crippen LogP contribution in [0.1, 0.15) is 48.5 Å². The number of carbonyl (C=O) groups is 6. The highest BCUT2D eigenvalue weighted by Crippen LogP contribution is 2.63. The minimum absolute atomic E-state index is 0.0504. The van der Waals surface area contributed by atoms with Crippen LogP contribution in [0.15, 0.2) is 23.8 Å². The SMILES string of the molecule is COCC1=C\[C@@H]2OC(=O)[C@H](C)[C@@]2(O)[C@@H](OC(C)=O)[C@H]2[C@@]3(CO3)[C@H](OC(C)=O)[C@H](OC(C)=O)[C@H](OC(C)=O)[C@]2(C)[C@@H](OC(C)=O)/C=C\1. The highest BCUT2D eigenvalue weighted by molar-refractivity contribution is 5.78. The number of esters is 6. The Morgan fingerprint density at radius 2 is 1.39 bits per heavy atom. The van der Waals surface area contributed by atoms with Crippen LogP contribution in [0.25, 0.3) is 0 Å². The molecule has 0 aromatic rings. The summed E-state index contributed by atoms with van der Waals surface area (Å²) in [4.78, 5) is 76.5. The van der Waals surface area contributed by atoms with Gasteiger partial charge in [-0.05, 0) is 24.6 Å². The van der Waals surface area contributed by atoms with Gasteiger partial charge in [0.15, 0.2) is 30.0 Å². The molecule has 15 heteroatoms. The van der Waals surface area contributed by atoms with Crippen LogP contribution in [0.2, 0.25) is 0 Å². The van der Waals surface area contributed by atoms with Crippen molar-refractivity contribution in [1.82, 2.24) is 0 Å². The van der Waals surface area contributed by atoms with Crippen LogP contribution in [-0.4, -0.2) is 109 Å². The van der Waals surface area contributed by atoms with Crippen LogP contribution < -0.4 is 0 Å². The average Bonchev–Trinajstić information content (AvgIpc) is 3.69. The lowest BCUT2D eigenvalue weighted by Crippen LogP contribution is -2.76. The summed E-state index contributed by atoms with van der Waals surface area (Å²) >= 11 is 0. The van der Waals surface area contributed by atoms with Gasteiger partial charge in [-0.2, -0.15) is 0 Å². The van der Waals surface area contributed by atoms with Gasteiger partial charge in [0.2, 0.25) is 0 Å². The Labute approximate surface area is 265 Å². The zero-order valence-corrected chi connectivity index (χ0v) is 26.9. The normalized spacial score (nSPS) is 41.3. The molecule has 254 valence electrons. The maximum atomic E-state index is 13.2. The molecule has 1 N–H and O–H groups in total. The molecule has 2 saturated heterocycles. The molecule has 1 saturated carbocycles. The molecule has 0 unspecified atom stereocenters. The van der Waals surface area contributed by atoms with Crippen LogP contribution >= 0.6 is 0 Å². The van der Waals surface area contributed by atoms with E-state index in [1.54, 1.807) is 0 Å². The minimum atomic E-state index is -2.33. The third kappa shape index (κ3) is 6.02. The van der Waals surface area contributed by atoms with Gasteiger partial charge in [-0.3, -0.25) is 28.8 Å². The highest BCUT2D eigenvalue weighted by atomic mass is 16.7. The van der Waals surface area contributed by atoms with Gasteiger partial charge in [-0.1, -0.05) is 13.0 Å². The second-order valence-electron chi connectivity index (χ2n) is 12.3. The molecule has 2 heterocycles. The standard InChI is InChI=1S/C31H40O15/c1-14-28(37)46-22-11-20(12-39-8)9-10-21(41-15(2)32)29(7)24(27(31(14,22)38)45-19(6)36)30(13-40-30)26(44-18(5)35)23(42-16(3)33)25(29)43-17(4)34/h9-11,14,21-27,38H,12-13H2,1-8H3/b10-9-,20-11-/t14-,21-,22-,23+,24+,25-,26+,27-,29+,30-,31-/m0/s1. The summed E-state index contributed by atoms with van der Waals surface area (Å²) in [6.45, 7) is 8.20. The molecule has 4 rings (SSSR count). The number of aliphatic hydroxyl groups is 1. The lowest BCUT2D eigenvalue weighted by atomic mass is 9.51. The fourth-order valence-electron chi connectivity index (χ4n) is 7.27. The predicted octanol–water partition coefficient (Wildman–Crippen LogP) is 0.485. The van der Waals surface area contributed by atoms with E-state index in [0.717, 1.165) is 34.6 Å². The second-order valence-corrected chi connectivity index (χ2v) is 12.3. The van der Waals surface area contributed by atoms with Crippen LogP contribution in [0.4, 0.5) is 0 Å². The number of hydrogen-bond donors (Lipinski definition) is 1. The van der Waals surface area contributed by atoms with Crippen molar-refractivity contribution in [3.8, 4) is 0 Å². The van der Waals surface area contributed by atoms with Gasteiger partial charge >= 0.3 is 35.8 Å². The van der Waals surface area contributed by atoms with Crippen molar-refractivity contribution >= 4 is 35.8 Å². The van der Waals surface area contributed by atoms with Crippen LogP contribution in [0.5, 0.6) is 0 Å². The lowest BCUT2D eigenvalue weighted by Gasteiger charge is -2.59. The van der Waals surface area contributed by atoms with E-state index in [1.165, 1.54) is 39.2 Å². The van der Waals surface area contributed by atoms with Crippen molar-refractivity contribution in [2.75, 3.05) is 20.3 Å². The van der Waals surface area contributed by atoms with Gasteiger partial charge in [0.05, 0.1) is 24.5 Å². The van der Waals surface area contributed by atoms with E-state index in [2.05, 4.69) is 0 Å². The number of rotatable bonds is 7. The number of epoxide rings is 1. The molecule has 0 aromatic heterocycles. The van der Waals surface area contributed by atoms with Crippen molar-refractivity contribution in [2.24, 2.45) is 17.3 Å². The van der Waals surface area contributed by atoms with Gasteiger partial charge in [0.25, 0.3) is 0 Å². The van der Waals surface area contributed by atoms with E-state index in [1.807, 2.05) is 0 Å². The summed E-state index contributed by atoms with van der Waals surface area (Å²) in [6, 6.07) is 0. The number of hydrogen-bond acceptors (Lipinski definition) is 15.